The van der Waals surface area contributed by atoms with Crippen LogP contribution in [0, 0.1) is 0 Å². The molecular formula is C12H18N2O2. The van der Waals surface area contributed by atoms with Gasteiger partial charge in [-0.25, -0.2) is 0 Å². The molecule has 16 heavy (non-hydrogen) atoms. The molecule has 0 radical (unpaired) electrons. The molecule has 2 rings (SSSR count). The second kappa shape index (κ2) is 5.16. The topological polar surface area (TPSA) is 45.3 Å². The number of nitrogens with one attached hydrogen (secondary N) is 1. The Bertz CT molecular complexity index is 335. The quantitative estimate of drug-likeness (QED) is 0.843. The molecule has 0 bridgehead atoms. The molecular weight excluding hydrogens is 204 g/mol. The highest BCUT2D eigenvalue weighted by Gasteiger charge is 2.30. The number of aromatic amines is 1. The lowest BCUT2D eigenvalue weighted by Gasteiger charge is -2.23. The van der Waals surface area contributed by atoms with E-state index in [1.165, 1.54) is 0 Å². The predicted octanol–water partition coefficient (Wildman–Crippen LogP) is 1.71. The van der Waals surface area contributed by atoms with E-state index in [2.05, 4.69) is 4.98 Å². The van der Waals surface area contributed by atoms with Crippen LogP contribution in [0.2, 0.25) is 0 Å². The number of ether oxygens (including phenoxy) is 1. The summed E-state index contributed by atoms with van der Waals surface area (Å²) in [5, 5.41) is 0. The van der Waals surface area contributed by atoms with E-state index in [4.69, 9.17) is 4.74 Å². The summed E-state index contributed by atoms with van der Waals surface area (Å²) in [6.07, 6.45) is 4.01. The van der Waals surface area contributed by atoms with Gasteiger partial charge in [-0.3, -0.25) is 4.79 Å². The molecule has 4 nitrogen and oxygen atoms in total. The lowest BCUT2D eigenvalue weighted by molar-refractivity contribution is -0.137. The van der Waals surface area contributed by atoms with Gasteiger partial charge in [-0.2, -0.15) is 0 Å². The van der Waals surface area contributed by atoms with Gasteiger partial charge in [0.15, 0.2) is 0 Å². The highest BCUT2D eigenvalue weighted by atomic mass is 16.5. The smallest absolute Gasteiger partial charge is 0.249 e. The van der Waals surface area contributed by atoms with Crippen LogP contribution in [0.5, 0.6) is 0 Å². The van der Waals surface area contributed by atoms with E-state index < -0.39 is 0 Å². The normalized spacial score (nSPS) is 20.3. The van der Waals surface area contributed by atoms with Crippen molar-refractivity contribution in [3.63, 3.8) is 0 Å². The Morgan fingerprint density at radius 3 is 3.25 bits per heavy atom. The summed E-state index contributed by atoms with van der Waals surface area (Å²) in [6, 6.07) is 4.22. The highest BCUT2D eigenvalue weighted by Crippen LogP contribution is 2.30. The van der Waals surface area contributed by atoms with Gasteiger partial charge in [0.1, 0.15) is 6.61 Å². The first-order valence-corrected chi connectivity index (χ1v) is 5.83. The van der Waals surface area contributed by atoms with Gasteiger partial charge in [-0.05, 0) is 31.9 Å². The fourth-order valence-corrected chi connectivity index (χ4v) is 2.21. The zero-order valence-corrected chi connectivity index (χ0v) is 9.61. The van der Waals surface area contributed by atoms with Crippen molar-refractivity contribution >= 4 is 5.91 Å². The van der Waals surface area contributed by atoms with Crippen LogP contribution in [-0.4, -0.2) is 35.5 Å². The minimum absolute atomic E-state index is 0.0963. The van der Waals surface area contributed by atoms with Gasteiger partial charge in [0.25, 0.3) is 0 Å². The second-order valence-electron chi connectivity index (χ2n) is 4.01. The van der Waals surface area contributed by atoms with Crippen molar-refractivity contribution in [3.8, 4) is 0 Å². The molecule has 1 aromatic heterocycles. The fourth-order valence-electron chi connectivity index (χ4n) is 2.21. The molecule has 4 heteroatoms. The molecule has 2 heterocycles. The van der Waals surface area contributed by atoms with Crippen molar-refractivity contribution in [2.24, 2.45) is 0 Å². The number of hydrogen-bond acceptors (Lipinski definition) is 2. The molecule has 88 valence electrons. The van der Waals surface area contributed by atoms with Crippen LogP contribution >= 0.6 is 0 Å². The summed E-state index contributed by atoms with van der Waals surface area (Å²) in [7, 11) is 0. The van der Waals surface area contributed by atoms with Crippen LogP contribution in [0.25, 0.3) is 0 Å². The Morgan fingerprint density at radius 2 is 2.56 bits per heavy atom. The van der Waals surface area contributed by atoms with Crippen LogP contribution in [0.1, 0.15) is 31.5 Å². The fraction of sp³-hybridized carbons (Fsp3) is 0.583. The summed E-state index contributed by atoms with van der Waals surface area (Å²) in [5.41, 5.74) is 1.13. The molecule has 0 saturated carbocycles. The molecule has 1 aromatic rings. The number of aromatic nitrogens is 1. The lowest BCUT2D eigenvalue weighted by Crippen LogP contribution is -2.33. The first kappa shape index (κ1) is 11.2. The number of amides is 1. The third kappa shape index (κ3) is 2.27. The Kier molecular flexibility index (Phi) is 3.62. The highest BCUT2D eigenvalue weighted by molar-refractivity contribution is 5.78. The number of hydrogen-bond donors (Lipinski definition) is 1. The summed E-state index contributed by atoms with van der Waals surface area (Å²) in [6.45, 7) is 3.54. The van der Waals surface area contributed by atoms with E-state index >= 15 is 0 Å². The monoisotopic (exact) mass is 222 g/mol. The number of nitrogens with zero attached hydrogens (tertiary/aromatic N) is 1. The maximum Gasteiger partial charge on any atom is 0.249 e. The maximum atomic E-state index is 11.9. The van der Waals surface area contributed by atoms with Crippen LogP contribution in [0.4, 0.5) is 0 Å². The van der Waals surface area contributed by atoms with Gasteiger partial charge in [0.2, 0.25) is 5.91 Å². The molecule has 1 aliphatic heterocycles. The number of H-pyrrole nitrogens is 1. The zero-order chi connectivity index (χ0) is 11.4. The van der Waals surface area contributed by atoms with E-state index in [0.717, 1.165) is 25.1 Å². The summed E-state index contributed by atoms with van der Waals surface area (Å²) >= 11 is 0. The molecule has 1 aliphatic rings. The van der Waals surface area contributed by atoms with Crippen molar-refractivity contribution in [1.29, 1.82) is 0 Å². The molecule has 0 spiro atoms. The molecule has 1 N–H and O–H groups in total. The maximum absolute atomic E-state index is 11.9. The molecule has 1 saturated heterocycles. The molecule has 0 aliphatic carbocycles. The molecule has 1 atom stereocenters. The van der Waals surface area contributed by atoms with Gasteiger partial charge in [-0.1, -0.05) is 0 Å². The van der Waals surface area contributed by atoms with E-state index in [-0.39, 0.29) is 18.6 Å². The SMILES string of the molecule is CCOCC(=O)N1CCCC1c1ccc[nH]1. The van der Waals surface area contributed by atoms with Crippen molar-refractivity contribution in [3.05, 3.63) is 24.0 Å². The van der Waals surface area contributed by atoms with Crippen molar-refractivity contribution in [2.75, 3.05) is 19.8 Å². The van der Waals surface area contributed by atoms with E-state index in [9.17, 15) is 4.79 Å². The van der Waals surface area contributed by atoms with Crippen LogP contribution in [0.15, 0.2) is 18.3 Å². The van der Waals surface area contributed by atoms with Crippen LogP contribution in [-0.2, 0) is 9.53 Å². The molecule has 1 amide bonds. The van der Waals surface area contributed by atoms with Gasteiger partial charge in [0.05, 0.1) is 6.04 Å². The summed E-state index contributed by atoms with van der Waals surface area (Å²) in [5.74, 6) is 0.0963. The summed E-state index contributed by atoms with van der Waals surface area (Å²) < 4.78 is 5.17. The first-order valence-electron chi connectivity index (χ1n) is 5.83. The average Bonchev–Trinajstić information content (AvgIpc) is 2.94. The number of likely N-dealkylation sites (tertiary alicyclic amines) is 1. The molecule has 1 fully saturated rings. The molecule has 1 unspecified atom stereocenters. The van der Waals surface area contributed by atoms with Gasteiger partial charge >= 0.3 is 0 Å². The van der Waals surface area contributed by atoms with Gasteiger partial charge < -0.3 is 14.6 Å². The second-order valence-corrected chi connectivity index (χ2v) is 4.01. The minimum atomic E-state index is 0.0963. The first-order chi connectivity index (χ1) is 7.83. The van der Waals surface area contributed by atoms with Gasteiger partial charge in [0, 0.05) is 25.0 Å². The molecule has 0 aromatic carbocycles. The number of carbonyl (C=O) groups excluding carboxylic acids is 1. The van der Waals surface area contributed by atoms with Crippen LogP contribution < -0.4 is 0 Å². The minimum Gasteiger partial charge on any atom is -0.372 e. The van der Waals surface area contributed by atoms with E-state index in [0.29, 0.717) is 6.61 Å². The standard InChI is InChI=1S/C12H18N2O2/c1-2-16-9-12(15)14-8-4-6-11(14)10-5-3-7-13-10/h3,5,7,11,13H,2,4,6,8-9H2,1H3. The predicted molar refractivity (Wildman–Crippen MR) is 61.0 cm³/mol. The summed E-state index contributed by atoms with van der Waals surface area (Å²) in [4.78, 5) is 17.0. The lowest BCUT2D eigenvalue weighted by atomic mass is 10.1. The average molecular weight is 222 g/mol. The van der Waals surface area contributed by atoms with E-state index in [1.807, 2.05) is 30.2 Å². The Balaban J connectivity index is 2.01. The number of rotatable bonds is 4. The zero-order valence-electron chi connectivity index (χ0n) is 9.61. The number of carbonyl (C=O) groups is 1. The van der Waals surface area contributed by atoms with Crippen molar-refractivity contribution in [2.45, 2.75) is 25.8 Å². The third-order valence-corrected chi connectivity index (χ3v) is 2.98. The van der Waals surface area contributed by atoms with Crippen molar-refractivity contribution in [1.82, 2.24) is 9.88 Å². The Labute approximate surface area is 95.6 Å². The Hall–Kier alpha value is -1.29. The largest absolute Gasteiger partial charge is 0.372 e. The van der Waals surface area contributed by atoms with Crippen molar-refractivity contribution < 1.29 is 9.53 Å². The third-order valence-electron chi connectivity index (χ3n) is 2.98. The Morgan fingerprint density at radius 1 is 1.69 bits per heavy atom. The van der Waals surface area contributed by atoms with Crippen LogP contribution in [0.3, 0.4) is 0 Å². The van der Waals surface area contributed by atoms with Gasteiger partial charge in [-0.15, -0.1) is 0 Å². The van der Waals surface area contributed by atoms with E-state index in [1.54, 1.807) is 0 Å².